The summed E-state index contributed by atoms with van der Waals surface area (Å²) in [6.07, 6.45) is 0. The van der Waals surface area contributed by atoms with Crippen molar-refractivity contribution < 1.29 is 0 Å². The lowest BCUT2D eigenvalue weighted by Crippen LogP contribution is -2.51. The summed E-state index contributed by atoms with van der Waals surface area (Å²) in [4.78, 5) is 0. The third kappa shape index (κ3) is 2.66. The van der Waals surface area contributed by atoms with Crippen molar-refractivity contribution in [3.63, 3.8) is 0 Å². The molecule has 0 atom stereocenters. The van der Waals surface area contributed by atoms with Gasteiger partial charge in [0, 0.05) is 1.23 Å². The maximum atomic E-state index is 9.28. The van der Waals surface area contributed by atoms with Gasteiger partial charge in [0.15, 0.2) is 0 Å². The molecule has 0 aliphatic carbocycles. The van der Waals surface area contributed by atoms with E-state index in [4.69, 9.17) is 0 Å². The molecule has 1 heteroatoms. The monoisotopic (exact) mass is 261 g/mol. The first-order valence-corrected chi connectivity index (χ1v) is 7.98. The van der Waals surface area contributed by atoms with E-state index in [9.17, 15) is 1.23 Å². The fourth-order valence-electron chi connectivity index (χ4n) is 2.31. The van der Waals surface area contributed by atoms with Crippen molar-refractivity contribution in [2.75, 3.05) is 0 Å². The van der Waals surface area contributed by atoms with Crippen molar-refractivity contribution in [3.8, 4) is 0 Å². The smallest absolute Gasteiger partial charge is 0.0625 e. The van der Waals surface area contributed by atoms with Crippen molar-refractivity contribution in [1.29, 1.82) is 1.23 Å². The lowest BCUT2D eigenvalue weighted by molar-refractivity contribution is 1.71. The molecule has 0 radical (unpaired) electrons. The highest BCUT2D eigenvalue weighted by Gasteiger charge is 2.17. The van der Waals surface area contributed by atoms with Crippen LogP contribution in [0.5, 0.6) is 0 Å². The van der Waals surface area contributed by atoms with Gasteiger partial charge in [-0.1, -0.05) is 107 Å². The summed E-state index contributed by atoms with van der Waals surface area (Å²) < 4.78 is 9.28. The van der Waals surface area contributed by atoms with E-state index in [1.54, 1.807) is 0 Å². The van der Waals surface area contributed by atoms with E-state index in [1.165, 1.54) is 0 Å². The normalized spacial score (nSPS) is 11.9. The van der Waals surface area contributed by atoms with E-state index in [2.05, 4.69) is 36.4 Å². The fraction of sp³-hybridized carbons (Fsp3) is 0. The molecule has 3 aromatic carbocycles. The minimum absolute atomic E-state index is 1.12. The van der Waals surface area contributed by atoms with Crippen LogP contribution in [0.3, 0.4) is 0 Å². The number of hydrogen-bond acceptors (Lipinski definition) is 0. The van der Waals surface area contributed by atoms with Crippen LogP contribution in [0.4, 0.5) is 0 Å². The highest BCUT2D eigenvalue weighted by atomic mass is 28.3. The zero-order valence-corrected chi connectivity index (χ0v) is 11.7. The SMILES string of the molecule is [2H][Si](c1ccccc1)(c1ccccc1)c1ccccc1. The molecule has 0 aromatic heterocycles. The van der Waals surface area contributed by atoms with Gasteiger partial charge >= 0.3 is 0 Å². The van der Waals surface area contributed by atoms with E-state index in [0.717, 1.165) is 15.6 Å². The molecule has 0 saturated heterocycles. The van der Waals surface area contributed by atoms with E-state index >= 15 is 0 Å². The highest BCUT2D eigenvalue weighted by molar-refractivity contribution is 6.95. The molecule has 0 aliphatic rings. The summed E-state index contributed by atoms with van der Waals surface area (Å²) in [5.74, 6) is 0. The zero-order valence-electron chi connectivity index (χ0n) is 11.7. The Morgan fingerprint density at radius 2 is 0.737 bits per heavy atom. The minimum Gasteiger partial charge on any atom is -0.0625 e. The lowest BCUT2D eigenvalue weighted by atomic mass is 10.3. The molecule has 92 valence electrons. The first-order valence-electron chi connectivity index (χ1n) is 6.98. The predicted octanol–water partition coefficient (Wildman–Crippen LogP) is 1.94. The first kappa shape index (κ1) is 10.8. The summed E-state index contributed by atoms with van der Waals surface area (Å²) in [5.41, 5.74) is 0. The molecule has 0 N–H and O–H groups in total. The van der Waals surface area contributed by atoms with Crippen LogP contribution in [0.15, 0.2) is 91.0 Å². The number of hydrogen-bond donors (Lipinski definition) is 0. The fourth-order valence-corrected chi connectivity index (χ4v) is 4.89. The average molecular weight is 261 g/mol. The second-order valence-electron chi connectivity index (χ2n) is 4.47. The van der Waals surface area contributed by atoms with E-state index in [-0.39, 0.29) is 0 Å². The molecule has 0 spiro atoms. The first-order chi connectivity index (χ1) is 9.82. The summed E-state index contributed by atoms with van der Waals surface area (Å²) in [6.45, 7) is 0. The van der Waals surface area contributed by atoms with Crippen LogP contribution in [0.1, 0.15) is 0 Å². The largest absolute Gasteiger partial charge is 0.132 e. The predicted molar refractivity (Wildman–Crippen MR) is 85.4 cm³/mol. The average Bonchev–Trinajstić information content (AvgIpc) is 2.56. The topological polar surface area (TPSA) is 0 Å². The van der Waals surface area contributed by atoms with Crippen molar-refractivity contribution in [1.82, 2.24) is 0 Å². The van der Waals surface area contributed by atoms with Crippen molar-refractivity contribution in [2.45, 2.75) is 0 Å². The Labute approximate surface area is 117 Å². The summed E-state index contributed by atoms with van der Waals surface area (Å²) in [5, 5.41) is 3.37. The van der Waals surface area contributed by atoms with Crippen LogP contribution in [0, 0.1) is 0 Å². The molecule has 0 saturated carbocycles. The summed E-state index contributed by atoms with van der Waals surface area (Å²) >= 11 is 0. The van der Waals surface area contributed by atoms with Gasteiger partial charge in [0.25, 0.3) is 0 Å². The number of benzene rings is 3. The zero-order chi connectivity index (χ0) is 13.8. The van der Waals surface area contributed by atoms with Gasteiger partial charge in [-0.25, -0.2) is 0 Å². The van der Waals surface area contributed by atoms with Crippen LogP contribution < -0.4 is 15.6 Å². The third-order valence-electron chi connectivity index (χ3n) is 3.19. The Morgan fingerprint density at radius 1 is 0.474 bits per heavy atom. The Hall–Kier alpha value is -2.12. The van der Waals surface area contributed by atoms with Crippen molar-refractivity contribution in [2.24, 2.45) is 0 Å². The van der Waals surface area contributed by atoms with Gasteiger partial charge in [0.1, 0.15) is 8.73 Å². The van der Waals surface area contributed by atoms with Gasteiger partial charge < -0.3 is 0 Å². The molecular weight excluding hydrogens is 244 g/mol. The quantitative estimate of drug-likeness (QED) is 0.499. The van der Waals surface area contributed by atoms with E-state index < -0.39 is 8.73 Å². The van der Waals surface area contributed by atoms with Gasteiger partial charge in [-0.2, -0.15) is 0 Å². The molecular formula is C18H16Si. The molecule has 0 aliphatic heterocycles. The van der Waals surface area contributed by atoms with Crippen molar-refractivity contribution in [3.05, 3.63) is 91.0 Å². The van der Waals surface area contributed by atoms with Crippen LogP contribution in [0.25, 0.3) is 0 Å². The van der Waals surface area contributed by atoms with Crippen LogP contribution >= 0.6 is 0 Å². The van der Waals surface area contributed by atoms with Gasteiger partial charge in [0.2, 0.25) is 0 Å². The van der Waals surface area contributed by atoms with Crippen molar-refractivity contribution >= 4 is 24.3 Å². The molecule has 0 unspecified atom stereocenters. The van der Waals surface area contributed by atoms with Gasteiger partial charge in [-0.3, -0.25) is 0 Å². The Morgan fingerprint density at radius 3 is 1.00 bits per heavy atom. The lowest BCUT2D eigenvalue weighted by Gasteiger charge is -2.16. The second kappa shape index (κ2) is 5.68. The Kier molecular flexibility index (Phi) is 3.22. The molecule has 0 heterocycles. The highest BCUT2D eigenvalue weighted by Crippen LogP contribution is 1.95. The molecule has 0 amide bonds. The standard InChI is InChI=1S/C18H16Si/c1-4-10-16(11-5-1)19(17-12-6-2-7-13-17)18-14-8-3-9-15-18/h1-15,19H/i19D. The third-order valence-corrected chi connectivity index (χ3v) is 5.92. The molecule has 19 heavy (non-hydrogen) atoms. The summed E-state index contributed by atoms with van der Waals surface area (Å²) in [7, 11) is -2.63. The van der Waals surface area contributed by atoms with E-state index in [1.807, 2.05) is 54.6 Å². The minimum atomic E-state index is -2.63. The van der Waals surface area contributed by atoms with Crippen LogP contribution in [-0.2, 0) is 0 Å². The molecule has 3 aromatic rings. The number of rotatable bonds is 3. The van der Waals surface area contributed by atoms with Crippen LogP contribution in [0.2, 0.25) is 0 Å². The molecule has 0 fully saturated rings. The van der Waals surface area contributed by atoms with Gasteiger partial charge in [0.05, 0.1) is 0 Å². The molecule has 0 bridgehead atoms. The Bertz CT molecular complexity index is 569. The second-order valence-corrected chi connectivity index (χ2v) is 6.96. The maximum Gasteiger partial charge on any atom is 0.132 e. The molecule has 0 nitrogen and oxygen atoms in total. The van der Waals surface area contributed by atoms with Crippen LogP contribution in [-0.4, -0.2) is 9.96 Å². The molecule has 3 rings (SSSR count). The maximum absolute atomic E-state index is 9.28. The summed E-state index contributed by atoms with van der Waals surface area (Å²) in [6, 6.07) is 30.7. The van der Waals surface area contributed by atoms with E-state index in [0.29, 0.717) is 0 Å². The van der Waals surface area contributed by atoms with Gasteiger partial charge in [-0.05, 0) is 0 Å². The van der Waals surface area contributed by atoms with Gasteiger partial charge in [-0.15, -0.1) is 0 Å². The Balaban J connectivity index is 2.24.